The zero-order chi connectivity index (χ0) is 35.0. The Kier molecular flexibility index (Phi) is 8.41. The lowest BCUT2D eigenvalue weighted by Gasteiger charge is -2.14. The van der Waals surface area contributed by atoms with Gasteiger partial charge in [0.1, 0.15) is 9.79 Å². The first-order chi connectivity index (χ1) is 24.0. The molecule has 0 bridgehead atoms. The molecular weight excluding hydrogens is 675 g/mol. The van der Waals surface area contributed by atoms with Crippen LogP contribution in [-0.2, 0) is 20.2 Å². The van der Waals surface area contributed by atoms with Gasteiger partial charge in [-0.05, 0) is 61.5 Å². The normalized spacial score (nSPS) is 12.5. The van der Waals surface area contributed by atoms with Crippen LogP contribution in [0.3, 0.4) is 0 Å². The highest BCUT2D eigenvalue weighted by Gasteiger charge is 2.19. The molecule has 50 heavy (non-hydrogen) atoms. The molecule has 0 amide bonds. The van der Waals surface area contributed by atoms with Crippen LogP contribution < -0.4 is 5.32 Å². The molecule has 248 valence electrons. The minimum absolute atomic E-state index is 0.216. The van der Waals surface area contributed by atoms with Gasteiger partial charge in [0.05, 0.1) is 22.7 Å². The maximum absolute atomic E-state index is 12.5. The Labute approximate surface area is 287 Å². The number of anilines is 2. The molecule has 0 aliphatic carbocycles. The molecule has 0 spiro atoms. The zero-order valence-corrected chi connectivity index (χ0v) is 27.9. The van der Waals surface area contributed by atoms with Crippen molar-refractivity contribution in [1.82, 2.24) is 0 Å². The summed E-state index contributed by atoms with van der Waals surface area (Å²) in [6, 6.07) is 36.0. The molecule has 0 aliphatic heterocycles. The van der Waals surface area contributed by atoms with E-state index in [4.69, 9.17) is 0 Å². The first-order valence-corrected chi connectivity index (χ1v) is 18.1. The van der Waals surface area contributed by atoms with Crippen molar-refractivity contribution >= 4 is 86.7 Å². The quantitative estimate of drug-likeness (QED) is 0.104. The number of hydrogen-bond acceptors (Lipinski definition) is 9. The highest BCUT2D eigenvalue weighted by Crippen LogP contribution is 2.40. The van der Waals surface area contributed by atoms with Crippen LogP contribution in [-0.4, -0.2) is 25.9 Å². The van der Waals surface area contributed by atoms with Crippen molar-refractivity contribution in [2.24, 2.45) is 20.5 Å². The molecular formula is C37H27N5O6S2. The lowest BCUT2D eigenvalue weighted by Crippen LogP contribution is -2.01. The molecule has 7 aromatic rings. The van der Waals surface area contributed by atoms with Crippen molar-refractivity contribution in [3.8, 4) is 0 Å². The van der Waals surface area contributed by atoms with Gasteiger partial charge < -0.3 is 5.32 Å². The van der Waals surface area contributed by atoms with Gasteiger partial charge >= 0.3 is 0 Å². The maximum Gasteiger partial charge on any atom is 0.295 e. The number of rotatable bonds is 8. The van der Waals surface area contributed by atoms with Crippen molar-refractivity contribution in [3.63, 3.8) is 0 Å². The van der Waals surface area contributed by atoms with Crippen LogP contribution in [0.15, 0.2) is 158 Å². The summed E-state index contributed by atoms with van der Waals surface area (Å²) in [4.78, 5) is -0.478. The molecule has 0 saturated heterocycles. The van der Waals surface area contributed by atoms with E-state index in [9.17, 15) is 25.9 Å². The zero-order valence-electron chi connectivity index (χ0n) is 26.3. The number of benzene rings is 7. The molecule has 0 fully saturated rings. The lowest BCUT2D eigenvalue weighted by molar-refractivity contribution is 0.482. The summed E-state index contributed by atoms with van der Waals surface area (Å²) in [5.74, 6) is 0. The Morgan fingerprint density at radius 1 is 0.460 bits per heavy atom. The van der Waals surface area contributed by atoms with Crippen LogP contribution in [0.4, 0.5) is 34.1 Å². The Morgan fingerprint density at radius 3 is 1.50 bits per heavy atom. The summed E-state index contributed by atoms with van der Waals surface area (Å²) < 4.78 is 68.5. The largest absolute Gasteiger partial charge is 0.355 e. The first-order valence-electron chi connectivity index (χ1n) is 15.2. The fraction of sp³-hybridized carbons (Fsp3) is 0.0270. The van der Waals surface area contributed by atoms with E-state index in [-0.39, 0.29) is 15.2 Å². The Hall–Kier alpha value is -5.86. The van der Waals surface area contributed by atoms with Gasteiger partial charge in [-0.25, -0.2) is 0 Å². The highest BCUT2D eigenvalue weighted by molar-refractivity contribution is 7.86. The van der Waals surface area contributed by atoms with Crippen molar-refractivity contribution < 1.29 is 25.9 Å². The third kappa shape index (κ3) is 6.45. The van der Waals surface area contributed by atoms with Crippen LogP contribution >= 0.6 is 0 Å². The van der Waals surface area contributed by atoms with E-state index >= 15 is 0 Å². The minimum Gasteiger partial charge on any atom is -0.355 e. The Morgan fingerprint density at radius 2 is 0.900 bits per heavy atom. The van der Waals surface area contributed by atoms with Gasteiger partial charge in [-0.2, -0.15) is 16.8 Å². The van der Waals surface area contributed by atoms with Gasteiger partial charge in [-0.1, -0.05) is 78.4 Å². The minimum atomic E-state index is -4.58. The Bertz CT molecular complexity index is 2750. The monoisotopic (exact) mass is 701 g/mol. The van der Waals surface area contributed by atoms with Gasteiger partial charge in [0.2, 0.25) is 0 Å². The summed E-state index contributed by atoms with van der Waals surface area (Å²) in [6.45, 7) is 1.97. The SMILES string of the molecule is Cc1ccc(Nc2ccc(N=Nc3ccc(N=Nc4cccc5c(S(=O)(=O)O)cccc45)c4ccccc34)c3cccc(S(=O)(=O)O)c23)cc1. The molecule has 0 aliphatic rings. The smallest absolute Gasteiger partial charge is 0.295 e. The summed E-state index contributed by atoms with van der Waals surface area (Å²) in [7, 11) is -9.03. The van der Waals surface area contributed by atoms with Crippen LogP contribution in [0, 0.1) is 6.92 Å². The molecule has 0 unspecified atom stereocenters. The maximum atomic E-state index is 12.5. The standard InChI is InChI=1S/C37H27N5O6S2/c1-23-15-17-24(18-16-23)38-34-22-21-33(29-11-6-14-36(37(29)34)50(46,47)48)42-41-32-20-19-31(25-7-2-3-8-26(25)32)40-39-30-12-4-10-28-27(30)9-5-13-35(28)49(43,44)45/h2-22,38H,1H3,(H,43,44,45)(H,46,47,48). The summed E-state index contributed by atoms with van der Waals surface area (Å²) in [5, 5.41) is 24.2. The van der Waals surface area contributed by atoms with E-state index in [1.165, 1.54) is 24.3 Å². The fourth-order valence-corrected chi connectivity index (χ4v) is 7.23. The van der Waals surface area contributed by atoms with Crippen molar-refractivity contribution in [2.45, 2.75) is 16.7 Å². The molecule has 0 atom stereocenters. The molecule has 3 N–H and O–H groups in total. The number of hydrogen-bond donors (Lipinski definition) is 3. The molecule has 7 aromatic carbocycles. The first kappa shape index (κ1) is 32.7. The van der Waals surface area contributed by atoms with Gasteiger partial charge in [-0.15, -0.1) is 20.5 Å². The van der Waals surface area contributed by atoms with E-state index < -0.39 is 20.2 Å². The van der Waals surface area contributed by atoms with Gasteiger partial charge in [-0.3, -0.25) is 9.11 Å². The molecule has 0 saturated carbocycles. The summed E-state index contributed by atoms with van der Waals surface area (Å²) in [5.41, 5.74) is 4.12. The number of fused-ring (bicyclic) bond motifs is 3. The van der Waals surface area contributed by atoms with Crippen LogP contribution in [0.25, 0.3) is 32.3 Å². The fourth-order valence-electron chi connectivity index (χ4n) is 5.79. The molecule has 0 radical (unpaired) electrons. The van der Waals surface area contributed by atoms with Crippen molar-refractivity contribution in [1.29, 1.82) is 0 Å². The van der Waals surface area contributed by atoms with E-state index in [2.05, 4.69) is 25.8 Å². The summed E-state index contributed by atoms with van der Waals surface area (Å²) >= 11 is 0. The molecule has 11 nitrogen and oxygen atoms in total. The topological polar surface area (TPSA) is 170 Å². The van der Waals surface area contributed by atoms with E-state index in [1.54, 1.807) is 54.6 Å². The molecule has 7 rings (SSSR count). The number of nitrogens with one attached hydrogen (secondary N) is 1. The average Bonchev–Trinajstić information content (AvgIpc) is 3.10. The Balaban J connectivity index is 1.28. The van der Waals surface area contributed by atoms with Crippen LogP contribution in [0.1, 0.15) is 5.56 Å². The third-order valence-corrected chi connectivity index (χ3v) is 9.94. The van der Waals surface area contributed by atoms with Gasteiger partial charge in [0.25, 0.3) is 20.2 Å². The van der Waals surface area contributed by atoms with Crippen LogP contribution in [0.2, 0.25) is 0 Å². The van der Waals surface area contributed by atoms with Gasteiger partial charge in [0.15, 0.2) is 0 Å². The molecule has 0 heterocycles. The average molecular weight is 702 g/mol. The molecule has 13 heteroatoms. The number of azo groups is 2. The predicted octanol–water partition coefficient (Wildman–Crippen LogP) is 10.5. The summed E-state index contributed by atoms with van der Waals surface area (Å²) in [6.07, 6.45) is 0. The van der Waals surface area contributed by atoms with Crippen LogP contribution in [0.5, 0.6) is 0 Å². The van der Waals surface area contributed by atoms with Crippen molar-refractivity contribution in [3.05, 3.63) is 133 Å². The molecule has 0 aromatic heterocycles. The predicted molar refractivity (Wildman–Crippen MR) is 194 cm³/mol. The second-order valence-electron chi connectivity index (χ2n) is 11.4. The van der Waals surface area contributed by atoms with E-state index in [0.717, 1.165) is 22.0 Å². The highest BCUT2D eigenvalue weighted by atomic mass is 32.2. The van der Waals surface area contributed by atoms with E-state index in [0.29, 0.717) is 44.6 Å². The lowest BCUT2D eigenvalue weighted by atomic mass is 10.1. The third-order valence-electron chi connectivity index (χ3n) is 8.13. The number of aryl methyl sites for hydroxylation is 1. The second kappa shape index (κ2) is 12.9. The van der Waals surface area contributed by atoms with Gasteiger partial charge in [0, 0.05) is 43.7 Å². The van der Waals surface area contributed by atoms with E-state index in [1.807, 2.05) is 55.5 Å². The second-order valence-corrected chi connectivity index (χ2v) is 14.2. The number of nitrogens with zero attached hydrogens (tertiary/aromatic N) is 4. The van der Waals surface area contributed by atoms with Crippen molar-refractivity contribution in [2.75, 3.05) is 5.32 Å².